The topological polar surface area (TPSA) is 66.9 Å². The van der Waals surface area contributed by atoms with Gasteiger partial charge >= 0.3 is 0 Å². The molecule has 0 bridgehead atoms. The summed E-state index contributed by atoms with van der Waals surface area (Å²) >= 11 is 0. The van der Waals surface area contributed by atoms with Crippen LogP contribution in [0.3, 0.4) is 0 Å². The molecule has 2 aromatic rings. The number of amides is 1. The van der Waals surface area contributed by atoms with E-state index in [-0.39, 0.29) is 23.1 Å². The first-order valence-corrected chi connectivity index (χ1v) is 10.8. The van der Waals surface area contributed by atoms with Gasteiger partial charge in [0.05, 0.1) is 12.8 Å². The Balaban J connectivity index is 2.07. The van der Waals surface area contributed by atoms with Crippen LogP contribution in [0, 0.1) is 13.8 Å². The van der Waals surface area contributed by atoms with Gasteiger partial charge in [0.1, 0.15) is 17.2 Å². The number of nitrogens with zero attached hydrogens (tertiary/aromatic N) is 2. The fraction of sp³-hybridized carbons (Fsp3) is 0.381. The number of sulfonamides is 1. The summed E-state index contributed by atoms with van der Waals surface area (Å²) in [4.78, 5) is 14.6. The van der Waals surface area contributed by atoms with Gasteiger partial charge in [-0.15, -0.1) is 0 Å². The minimum atomic E-state index is -4.00. The van der Waals surface area contributed by atoms with Crippen LogP contribution < -0.4 is 9.04 Å². The molecule has 0 aromatic heterocycles. The van der Waals surface area contributed by atoms with Crippen LogP contribution in [0.1, 0.15) is 24.0 Å². The van der Waals surface area contributed by atoms with E-state index in [0.29, 0.717) is 18.8 Å². The minimum absolute atomic E-state index is 0.0609. The Morgan fingerprint density at radius 1 is 1.07 bits per heavy atom. The molecule has 1 saturated heterocycles. The van der Waals surface area contributed by atoms with Crippen LogP contribution in [0.2, 0.25) is 0 Å². The van der Waals surface area contributed by atoms with Crippen molar-refractivity contribution in [2.45, 2.75) is 31.6 Å². The van der Waals surface area contributed by atoms with E-state index in [0.717, 1.165) is 24.0 Å². The third-order valence-electron chi connectivity index (χ3n) is 4.91. The predicted molar refractivity (Wildman–Crippen MR) is 109 cm³/mol. The summed E-state index contributed by atoms with van der Waals surface area (Å²) in [6.07, 6.45) is 1.91. The van der Waals surface area contributed by atoms with Crippen molar-refractivity contribution < 1.29 is 17.9 Å². The normalized spacial score (nSPS) is 14.2. The van der Waals surface area contributed by atoms with Gasteiger partial charge in [0.15, 0.2) is 0 Å². The number of benzene rings is 2. The molecule has 7 heteroatoms. The number of carbonyl (C=O) groups is 1. The van der Waals surface area contributed by atoms with Gasteiger partial charge < -0.3 is 9.64 Å². The van der Waals surface area contributed by atoms with Crippen LogP contribution in [0.15, 0.2) is 47.4 Å². The summed E-state index contributed by atoms with van der Waals surface area (Å²) in [5, 5.41) is 0. The molecule has 1 aliphatic heterocycles. The lowest BCUT2D eigenvalue weighted by Gasteiger charge is -2.27. The SMILES string of the molecule is COc1ccc(C)cc1S(=O)(=O)N(CC(=O)N1CCCC1)c1cccc(C)c1. The van der Waals surface area contributed by atoms with E-state index >= 15 is 0 Å². The van der Waals surface area contributed by atoms with Crippen molar-refractivity contribution in [3.63, 3.8) is 0 Å². The van der Waals surface area contributed by atoms with Crippen LogP contribution >= 0.6 is 0 Å². The molecule has 0 unspecified atom stereocenters. The van der Waals surface area contributed by atoms with E-state index in [1.807, 2.05) is 19.9 Å². The molecule has 0 aliphatic carbocycles. The van der Waals surface area contributed by atoms with E-state index in [9.17, 15) is 13.2 Å². The second-order valence-corrected chi connectivity index (χ2v) is 8.92. The highest BCUT2D eigenvalue weighted by Crippen LogP contribution is 2.31. The van der Waals surface area contributed by atoms with Crippen molar-refractivity contribution in [1.29, 1.82) is 0 Å². The number of aryl methyl sites for hydroxylation is 2. The number of hydrogen-bond acceptors (Lipinski definition) is 4. The number of anilines is 1. The van der Waals surface area contributed by atoms with E-state index in [1.54, 1.807) is 41.3 Å². The zero-order chi connectivity index (χ0) is 20.3. The van der Waals surface area contributed by atoms with Crippen molar-refractivity contribution in [3.05, 3.63) is 53.6 Å². The Bertz CT molecular complexity index is 966. The average Bonchev–Trinajstić information content (AvgIpc) is 3.20. The van der Waals surface area contributed by atoms with E-state index in [4.69, 9.17) is 4.74 Å². The molecule has 0 atom stereocenters. The number of methoxy groups -OCH3 is 1. The Labute approximate surface area is 166 Å². The van der Waals surface area contributed by atoms with Gasteiger partial charge in [-0.25, -0.2) is 8.42 Å². The zero-order valence-electron chi connectivity index (χ0n) is 16.5. The van der Waals surface area contributed by atoms with Crippen LogP contribution in [0.25, 0.3) is 0 Å². The second-order valence-electron chi connectivity index (χ2n) is 7.09. The van der Waals surface area contributed by atoms with Gasteiger partial charge in [-0.1, -0.05) is 18.2 Å². The van der Waals surface area contributed by atoms with Crippen molar-refractivity contribution in [2.24, 2.45) is 0 Å². The van der Waals surface area contributed by atoms with Crippen LogP contribution in [0.4, 0.5) is 5.69 Å². The number of rotatable bonds is 6. The molecule has 0 saturated carbocycles. The molecular formula is C21H26N2O4S. The number of carbonyl (C=O) groups excluding carboxylic acids is 1. The van der Waals surface area contributed by atoms with E-state index < -0.39 is 10.0 Å². The molecule has 2 aromatic carbocycles. The monoisotopic (exact) mass is 402 g/mol. The summed E-state index contributed by atoms with van der Waals surface area (Å²) < 4.78 is 33.7. The van der Waals surface area contributed by atoms with E-state index in [1.165, 1.54) is 11.4 Å². The molecule has 150 valence electrons. The highest BCUT2D eigenvalue weighted by atomic mass is 32.2. The molecule has 6 nitrogen and oxygen atoms in total. The smallest absolute Gasteiger partial charge is 0.268 e. The Morgan fingerprint density at radius 3 is 2.39 bits per heavy atom. The van der Waals surface area contributed by atoms with Crippen molar-refractivity contribution in [3.8, 4) is 5.75 Å². The summed E-state index contributed by atoms with van der Waals surface area (Å²) in [6, 6.07) is 12.2. The Morgan fingerprint density at radius 2 is 1.75 bits per heavy atom. The van der Waals surface area contributed by atoms with Gasteiger partial charge in [0, 0.05) is 13.1 Å². The minimum Gasteiger partial charge on any atom is -0.495 e. The molecule has 1 heterocycles. The van der Waals surface area contributed by atoms with E-state index in [2.05, 4.69) is 0 Å². The fourth-order valence-corrected chi connectivity index (χ4v) is 5.04. The maximum Gasteiger partial charge on any atom is 0.268 e. The number of ether oxygens (including phenoxy) is 1. The predicted octanol–water partition coefficient (Wildman–Crippen LogP) is 3.13. The van der Waals surface area contributed by atoms with Gasteiger partial charge in [-0.05, 0) is 62.1 Å². The van der Waals surface area contributed by atoms with Crippen molar-refractivity contribution in [2.75, 3.05) is 31.0 Å². The molecule has 0 N–H and O–H groups in total. The maximum atomic E-state index is 13.6. The summed E-state index contributed by atoms with van der Waals surface area (Å²) in [5.74, 6) is 0.0751. The van der Waals surface area contributed by atoms with Gasteiger partial charge in [-0.3, -0.25) is 9.10 Å². The third kappa shape index (κ3) is 4.14. The Hall–Kier alpha value is -2.54. The lowest BCUT2D eigenvalue weighted by Crippen LogP contribution is -2.42. The molecule has 0 radical (unpaired) electrons. The van der Waals surface area contributed by atoms with Crippen LogP contribution in [-0.2, 0) is 14.8 Å². The van der Waals surface area contributed by atoms with Crippen LogP contribution in [-0.4, -0.2) is 46.0 Å². The quantitative estimate of drug-likeness (QED) is 0.745. The van der Waals surface area contributed by atoms with Gasteiger partial charge in [-0.2, -0.15) is 0 Å². The van der Waals surface area contributed by atoms with Gasteiger partial charge in [0.2, 0.25) is 5.91 Å². The average molecular weight is 403 g/mol. The lowest BCUT2D eigenvalue weighted by molar-refractivity contribution is -0.128. The molecule has 28 heavy (non-hydrogen) atoms. The Kier molecular flexibility index (Phi) is 5.93. The first kappa shape index (κ1) is 20.2. The van der Waals surface area contributed by atoms with Crippen LogP contribution in [0.5, 0.6) is 5.75 Å². The second kappa shape index (κ2) is 8.22. The first-order chi connectivity index (χ1) is 13.3. The van der Waals surface area contributed by atoms with Crippen molar-refractivity contribution in [1.82, 2.24) is 4.90 Å². The third-order valence-corrected chi connectivity index (χ3v) is 6.71. The summed E-state index contributed by atoms with van der Waals surface area (Å²) in [7, 11) is -2.56. The number of likely N-dealkylation sites (tertiary alicyclic amines) is 1. The maximum absolute atomic E-state index is 13.6. The molecule has 1 fully saturated rings. The lowest BCUT2D eigenvalue weighted by atomic mass is 10.2. The first-order valence-electron chi connectivity index (χ1n) is 9.35. The fourth-order valence-electron chi connectivity index (χ4n) is 3.39. The summed E-state index contributed by atoms with van der Waals surface area (Å²) in [6.45, 7) is 4.83. The molecule has 0 spiro atoms. The molecular weight excluding hydrogens is 376 g/mol. The molecule has 1 amide bonds. The highest BCUT2D eigenvalue weighted by molar-refractivity contribution is 7.93. The largest absolute Gasteiger partial charge is 0.495 e. The zero-order valence-corrected chi connectivity index (χ0v) is 17.3. The summed E-state index contributed by atoms with van der Waals surface area (Å²) in [5.41, 5.74) is 2.19. The number of hydrogen-bond donors (Lipinski definition) is 0. The van der Waals surface area contributed by atoms with Gasteiger partial charge in [0.25, 0.3) is 10.0 Å². The molecule has 3 rings (SSSR count). The van der Waals surface area contributed by atoms with Crippen molar-refractivity contribution >= 4 is 21.6 Å². The standard InChI is InChI=1S/C21H26N2O4S/c1-16-7-6-8-18(13-16)23(15-21(24)22-11-4-5-12-22)28(25,26)20-14-17(2)9-10-19(20)27-3/h6-10,13-14H,4-5,11-12,15H2,1-3H3. The highest BCUT2D eigenvalue weighted by Gasteiger charge is 2.32. The molecule has 1 aliphatic rings.